The molecule has 0 N–H and O–H groups in total. The zero-order chi connectivity index (χ0) is 13.1. The first kappa shape index (κ1) is 13.7. The first-order chi connectivity index (χ1) is 8.69. The summed E-state index contributed by atoms with van der Waals surface area (Å²) in [4.78, 5) is 12.4. The van der Waals surface area contributed by atoms with Crippen molar-refractivity contribution in [2.75, 3.05) is 20.0 Å². The van der Waals surface area contributed by atoms with E-state index in [4.69, 9.17) is 9.47 Å². The second-order valence-electron chi connectivity index (χ2n) is 4.03. The van der Waals surface area contributed by atoms with Crippen LogP contribution in [0, 0.1) is 0 Å². The van der Waals surface area contributed by atoms with Crippen LogP contribution in [-0.4, -0.2) is 31.0 Å². The van der Waals surface area contributed by atoms with E-state index in [0.717, 1.165) is 18.6 Å². The molecule has 1 fully saturated rings. The molecule has 1 aromatic carbocycles. The van der Waals surface area contributed by atoms with Crippen LogP contribution in [0.2, 0.25) is 0 Å². The number of ketones is 1. The molecule has 1 aliphatic heterocycles. The molecule has 3 nitrogen and oxygen atoms in total. The van der Waals surface area contributed by atoms with Gasteiger partial charge in [0.1, 0.15) is 16.0 Å². The lowest BCUT2D eigenvalue weighted by atomic mass is 10.0. The van der Waals surface area contributed by atoms with Crippen molar-refractivity contribution in [1.29, 1.82) is 0 Å². The number of ether oxygens (including phenoxy) is 2. The van der Waals surface area contributed by atoms with Gasteiger partial charge in [-0.1, -0.05) is 0 Å². The van der Waals surface area contributed by atoms with Gasteiger partial charge in [-0.15, -0.1) is 0 Å². The van der Waals surface area contributed by atoms with E-state index in [0.29, 0.717) is 21.5 Å². The van der Waals surface area contributed by atoms with Gasteiger partial charge in [-0.25, -0.2) is 0 Å². The Morgan fingerprint density at radius 2 is 2.17 bits per heavy atom. The molecular weight excluding hydrogens is 316 g/mol. The van der Waals surface area contributed by atoms with Gasteiger partial charge in [0.05, 0.1) is 25.0 Å². The maximum atomic E-state index is 12.4. The van der Waals surface area contributed by atoms with Gasteiger partial charge >= 0.3 is 0 Å². The second-order valence-corrected chi connectivity index (χ2v) is 6.13. The van der Waals surface area contributed by atoms with E-state index < -0.39 is 0 Å². The first-order valence-corrected chi connectivity index (χ1v) is 7.59. The Morgan fingerprint density at radius 3 is 2.72 bits per heavy atom. The quantitative estimate of drug-likeness (QED) is 0.791. The molecule has 0 aromatic heterocycles. The van der Waals surface area contributed by atoms with E-state index in [1.54, 1.807) is 38.1 Å². The van der Waals surface area contributed by atoms with Crippen molar-refractivity contribution in [3.63, 3.8) is 0 Å². The summed E-state index contributed by atoms with van der Waals surface area (Å²) < 4.78 is 11.2. The van der Waals surface area contributed by atoms with Crippen LogP contribution in [0.4, 0.5) is 0 Å². The van der Waals surface area contributed by atoms with E-state index in [1.807, 2.05) is 0 Å². The first-order valence-electron chi connectivity index (χ1n) is 5.75. The molecule has 0 aliphatic carbocycles. The van der Waals surface area contributed by atoms with Crippen LogP contribution in [0.1, 0.15) is 23.2 Å². The Kier molecular flexibility index (Phi) is 4.56. The summed E-state index contributed by atoms with van der Waals surface area (Å²) >= 11 is 5.15. The van der Waals surface area contributed by atoms with Crippen molar-refractivity contribution in [1.82, 2.24) is 0 Å². The number of methoxy groups -OCH3 is 2. The molecule has 0 radical (unpaired) electrons. The monoisotopic (exact) mass is 330 g/mol. The van der Waals surface area contributed by atoms with Gasteiger partial charge in [0, 0.05) is 0 Å². The fourth-order valence-corrected chi connectivity index (χ4v) is 3.95. The number of thioether (sulfide) groups is 1. The molecule has 1 aromatic rings. The lowest BCUT2D eigenvalue weighted by molar-refractivity contribution is 0.0985. The average Bonchev–Trinajstić information content (AvgIpc) is 2.91. The number of hydrogen-bond acceptors (Lipinski definition) is 4. The van der Waals surface area contributed by atoms with E-state index >= 15 is 0 Å². The number of Topliss-reactive ketones (excluding diaryl/α,β-unsaturated/α-hetero) is 1. The van der Waals surface area contributed by atoms with Crippen LogP contribution in [0.25, 0.3) is 0 Å². The van der Waals surface area contributed by atoms with Crippen molar-refractivity contribution >= 4 is 33.5 Å². The Hall–Kier alpha value is -0.680. The topological polar surface area (TPSA) is 35.5 Å². The fraction of sp³-hybridized carbons (Fsp3) is 0.462. The van der Waals surface area contributed by atoms with E-state index in [2.05, 4.69) is 15.9 Å². The maximum absolute atomic E-state index is 12.4. The average molecular weight is 331 g/mol. The summed E-state index contributed by atoms with van der Waals surface area (Å²) in [5.41, 5.74) is 0.629. The summed E-state index contributed by atoms with van der Waals surface area (Å²) in [6.07, 6.45) is 2.07. The molecule has 1 unspecified atom stereocenters. The van der Waals surface area contributed by atoms with Crippen LogP contribution in [0.15, 0.2) is 16.6 Å². The SMILES string of the molecule is COc1ccc(C(=O)C2CCCS2)c(OC)c1Br. The van der Waals surface area contributed by atoms with Crippen molar-refractivity contribution in [3.05, 3.63) is 22.2 Å². The van der Waals surface area contributed by atoms with E-state index in [1.165, 1.54) is 0 Å². The smallest absolute Gasteiger partial charge is 0.179 e. The Labute approximate surface area is 119 Å². The highest BCUT2D eigenvalue weighted by molar-refractivity contribution is 9.10. The predicted octanol–water partition coefficient (Wildman–Crippen LogP) is 3.54. The van der Waals surface area contributed by atoms with Crippen molar-refractivity contribution < 1.29 is 14.3 Å². The van der Waals surface area contributed by atoms with Gasteiger partial charge < -0.3 is 9.47 Å². The highest BCUT2D eigenvalue weighted by Gasteiger charge is 2.28. The molecule has 1 aliphatic rings. The molecule has 0 bridgehead atoms. The summed E-state index contributed by atoms with van der Waals surface area (Å²) in [7, 11) is 3.16. The number of benzene rings is 1. The number of hydrogen-bond donors (Lipinski definition) is 0. The molecular formula is C13H15BrO3S. The van der Waals surface area contributed by atoms with Crippen LogP contribution in [0.3, 0.4) is 0 Å². The summed E-state index contributed by atoms with van der Waals surface area (Å²) in [6, 6.07) is 3.57. The largest absolute Gasteiger partial charge is 0.495 e. The molecule has 0 saturated carbocycles. The molecule has 0 amide bonds. The van der Waals surface area contributed by atoms with E-state index in [-0.39, 0.29) is 11.0 Å². The second kappa shape index (κ2) is 5.97. The summed E-state index contributed by atoms with van der Waals surface area (Å²) in [5, 5.41) is 0.0687. The zero-order valence-corrected chi connectivity index (χ0v) is 12.8. The fourth-order valence-electron chi connectivity index (χ4n) is 2.05. The normalized spacial score (nSPS) is 18.7. The molecule has 18 heavy (non-hydrogen) atoms. The molecule has 1 heterocycles. The molecule has 5 heteroatoms. The van der Waals surface area contributed by atoms with Crippen LogP contribution < -0.4 is 9.47 Å². The lowest BCUT2D eigenvalue weighted by Crippen LogP contribution is -2.15. The van der Waals surface area contributed by atoms with Gasteiger partial charge in [0.25, 0.3) is 0 Å². The third kappa shape index (κ3) is 2.52. The third-order valence-corrected chi connectivity index (χ3v) is 5.10. The number of carbonyl (C=O) groups is 1. The van der Waals surface area contributed by atoms with Gasteiger partial charge in [0.15, 0.2) is 5.78 Å². The van der Waals surface area contributed by atoms with Gasteiger partial charge in [-0.05, 0) is 46.7 Å². The third-order valence-electron chi connectivity index (χ3n) is 2.97. The molecule has 0 spiro atoms. The molecule has 2 rings (SSSR count). The van der Waals surface area contributed by atoms with Crippen molar-refractivity contribution in [2.24, 2.45) is 0 Å². The van der Waals surface area contributed by atoms with Crippen molar-refractivity contribution in [3.8, 4) is 11.5 Å². The lowest BCUT2D eigenvalue weighted by Gasteiger charge is -2.14. The minimum atomic E-state index is 0.0687. The molecule has 1 atom stereocenters. The van der Waals surface area contributed by atoms with Crippen LogP contribution >= 0.6 is 27.7 Å². The van der Waals surface area contributed by atoms with Gasteiger partial charge in [-0.2, -0.15) is 11.8 Å². The molecule has 1 saturated heterocycles. The highest BCUT2D eigenvalue weighted by atomic mass is 79.9. The molecule has 98 valence electrons. The number of carbonyl (C=O) groups excluding carboxylic acids is 1. The Morgan fingerprint density at radius 1 is 1.39 bits per heavy atom. The predicted molar refractivity (Wildman–Crippen MR) is 77.1 cm³/mol. The van der Waals surface area contributed by atoms with Gasteiger partial charge in [0.2, 0.25) is 0 Å². The number of halogens is 1. The Bertz CT molecular complexity index is 456. The standard InChI is InChI=1S/C13H15BrO3S/c1-16-9-6-5-8(13(17-2)11(9)14)12(15)10-4-3-7-18-10/h5-6,10H,3-4,7H2,1-2H3. The minimum Gasteiger partial charge on any atom is -0.495 e. The maximum Gasteiger partial charge on any atom is 0.179 e. The van der Waals surface area contributed by atoms with E-state index in [9.17, 15) is 4.79 Å². The summed E-state index contributed by atoms with van der Waals surface area (Å²) in [5.74, 6) is 2.45. The Balaban J connectivity index is 2.37. The summed E-state index contributed by atoms with van der Waals surface area (Å²) in [6.45, 7) is 0. The van der Waals surface area contributed by atoms with Crippen LogP contribution in [0.5, 0.6) is 11.5 Å². The zero-order valence-electron chi connectivity index (χ0n) is 10.4. The van der Waals surface area contributed by atoms with Crippen molar-refractivity contribution in [2.45, 2.75) is 18.1 Å². The van der Waals surface area contributed by atoms with Gasteiger partial charge in [-0.3, -0.25) is 4.79 Å². The van der Waals surface area contributed by atoms with Crippen LogP contribution in [-0.2, 0) is 0 Å². The number of rotatable bonds is 4. The minimum absolute atomic E-state index is 0.0687. The highest BCUT2D eigenvalue weighted by Crippen LogP contribution is 2.39.